The molecule has 1 aliphatic heterocycles. The predicted molar refractivity (Wildman–Crippen MR) is 99.7 cm³/mol. The first-order valence-electron chi connectivity index (χ1n) is 8.12. The molecule has 0 atom stereocenters. The van der Waals surface area contributed by atoms with Gasteiger partial charge in [0.2, 0.25) is 0 Å². The Bertz CT molecular complexity index is 681. The zero-order chi connectivity index (χ0) is 16.7. The maximum atomic E-state index is 2.25. The maximum absolute atomic E-state index is 2.25. The topological polar surface area (TPSA) is 6.48 Å². The van der Waals surface area contributed by atoms with Crippen molar-refractivity contribution in [2.45, 2.75) is 41.5 Å². The minimum absolute atomic E-state index is 0. The Labute approximate surface area is 159 Å². The molecule has 2 aromatic carbocycles. The summed E-state index contributed by atoms with van der Waals surface area (Å²) in [6.45, 7) is 15.2. The van der Waals surface area contributed by atoms with Crippen LogP contribution in [0.3, 0.4) is 0 Å². The molecule has 0 radical (unpaired) electrons. The van der Waals surface area contributed by atoms with E-state index in [0.29, 0.717) is 0 Å². The van der Waals surface area contributed by atoms with Gasteiger partial charge in [0, 0.05) is 31.8 Å². The van der Waals surface area contributed by atoms with Crippen molar-refractivity contribution in [3.8, 4) is 0 Å². The Morgan fingerprint density at radius 1 is 0.583 bits per heavy atom. The van der Waals surface area contributed by atoms with Crippen LogP contribution in [0.25, 0.3) is 0 Å². The smallest absolute Gasteiger partial charge is 0.0184 e. The van der Waals surface area contributed by atoms with E-state index in [-0.39, 0.29) is 20.4 Å². The standard InChI is InChI=1S/C21H25N2.Pd/c1-14-9-16(3)20(17(4)10-14)22-7-8-23(13-22)21-18(5)11-15(2)12-19(21)6;/h7-13H,1-6H3;/q-1;. The van der Waals surface area contributed by atoms with Crippen LogP contribution in [0.1, 0.15) is 33.4 Å². The first-order chi connectivity index (χ1) is 10.9. The van der Waals surface area contributed by atoms with Crippen LogP contribution in [-0.4, -0.2) is 0 Å². The van der Waals surface area contributed by atoms with E-state index in [4.69, 9.17) is 0 Å². The fraction of sp³-hybridized carbons (Fsp3) is 0.286. The average molecular weight is 412 g/mol. The molecule has 2 aromatic rings. The van der Waals surface area contributed by atoms with Crippen LogP contribution in [0.5, 0.6) is 0 Å². The van der Waals surface area contributed by atoms with Crippen LogP contribution in [0.15, 0.2) is 36.7 Å². The number of rotatable bonds is 2. The molecule has 0 bridgehead atoms. The second-order valence-electron chi connectivity index (χ2n) is 6.72. The van der Waals surface area contributed by atoms with Crippen molar-refractivity contribution in [2.24, 2.45) is 0 Å². The van der Waals surface area contributed by atoms with Crippen molar-refractivity contribution in [2.75, 3.05) is 9.80 Å². The Hall–Kier alpha value is -1.56. The second kappa shape index (κ2) is 7.13. The van der Waals surface area contributed by atoms with E-state index in [1.54, 1.807) is 0 Å². The molecule has 1 aliphatic rings. The van der Waals surface area contributed by atoms with Gasteiger partial charge in [0.05, 0.1) is 0 Å². The van der Waals surface area contributed by atoms with E-state index in [2.05, 4.69) is 94.7 Å². The normalized spacial score (nSPS) is 13.4. The number of benzene rings is 2. The van der Waals surface area contributed by atoms with Crippen molar-refractivity contribution in [3.63, 3.8) is 0 Å². The Balaban J connectivity index is 0.00000208. The minimum Gasteiger partial charge on any atom is -0.479 e. The number of hydrogen-bond acceptors (Lipinski definition) is 2. The van der Waals surface area contributed by atoms with Gasteiger partial charge in [0.1, 0.15) is 0 Å². The maximum Gasteiger partial charge on any atom is 0.0184 e. The number of anilines is 2. The van der Waals surface area contributed by atoms with E-state index < -0.39 is 0 Å². The Morgan fingerprint density at radius 3 is 1.17 bits per heavy atom. The zero-order valence-electron chi connectivity index (χ0n) is 15.3. The minimum atomic E-state index is 0. The molecule has 0 saturated carbocycles. The molecule has 24 heavy (non-hydrogen) atoms. The van der Waals surface area contributed by atoms with Gasteiger partial charge >= 0.3 is 0 Å². The van der Waals surface area contributed by atoms with Gasteiger partial charge in [-0.2, -0.15) is 0 Å². The van der Waals surface area contributed by atoms with E-state index in [1.165, 1.54) is 44.8 Å². The molecule has 0 N–H and O–H groups in total. The van der Waals surface area contributed by atoms with Crippen LogP contribution in [0, 0.1) is 48.2 Å². The fourth-order valence-electron chi connectivity index (χ4n) is 3.78. The van der Waals surface area contributed by atoms with Gasteiger partial charge in [-0.05, 0) is 76.2 Å². The van der Waals surface area contributed by atoms with Gasteiger partial charge in [-0.25, -0.2) is 0 Å². The van der Waals surface area contributed by atoms with Gasteiger partial charge in [0.25, 0.3) is 0 Å². The molecule has 0 aliphatic carbocycles. The quantitative estimate of drug-likeness (QED) is 0.479. The van der Waals surface area contributed by atoms with Gasteiger partial charge in [-0.3, -0.25) is 0 Å². The van der Waals surface area contributed by atoms with Crippen molar-refractivity contribution >= 4 is 11.4 Å². The molecular formula is C21H25N2Pd-. The third-order valence-corrected chi connectivity index (χ3v) is 4.42. The third-order valence-electron chi connectivity index (χ3n) is 4.42. The molecular weight excluding hydrogens is 387 g/mol. The average Bonchev–Trinajstić information content (AvgIpc) is 2.85. The monoisotopic (exact) mass is 411 g/mol. The van der Waals surface area contributed by atoms with E-state index in [1.807, 2.05) is 0 Å². The molecule has 0 spiro atoms. The van der Waals surface area contributed by atoms with Crippen molar-refractivity contribution in [3.05, 3.63) is 76.7 Å². The Kier molecular flexibility index (Phi) is 5.58. The largest absolute Gasteiger partial charge is 0.479 e. The second-order valence-corrected chi connectivity index (χ2v) is 6.72. The summed E-state index contributed by atoms with van der Waals surface area (Å²) in [5.74, 6) is 0. The first-order valence-corrected chi connectivity index (χ1v) is 8.12. The van der Waals surface area contributed by atoms with Gasteiger partial charge in [-0.15, -0.1) is 6.67 Å². The molecule has 130 valence electrons. The van der Waals surface area contributed by atoms with E-state index >= 15 is 0 Å². The van der Waals surface area contributed by atoms with Crippen molar-refractivity contribution in [1.82, 2.24) is 0 Å². The van der Waals surface area contributed by atoms with Gasteiger partial charge in [0.15, 0.2) is 0 Å². The molecule has 0 fully saturated rings. The van der Waals surface area contributed by atoms with Crippen LogP contribution in [0.4, 0.5) is 11.4 Å². The van der Waals surface area contributed by atoms with Crippen LogP contribution in [0.2, 0.25) is 0 Å². The molecule has 2 nitrogen and oxygen atoms in total. The summed E-state index contributed by atoms with van der Waals surface area (Å²) in [5, 5.41) is 0. The molecule has 0 unspecified atom stereocenters. The van der Waals surface area contributed by atoms with E-state index in [0.717, 1.165) is 0 Å². The first kappa shape index (κ1) is 18.8. The van der Waals surface area contributed by atoms with Crippen molar-refractivity contribution < 1.29 is 20.4 Å². The zero-order valence-corrected chi connectivity index (χ0v) is 16.8. The molecule has 0 amide bonds. The molecule has 0 saturated heterocycles. The number of hydrogen-bond donors (Lipinski definition) is 0. The van der Waals surface area contributed by atoms with E-state index in [9.17, 15) is 0 Å². The fourth-order valence-corrected chi connectivity index (χ4v) is 3.78. The summed E-state index contributed by atoms with van der Waals surface area (Å²) in [6.07, 6.45) is 4.28. The summed E-state index contributed by atoms with van der Waals surface area (Å²) in [6, 6.07) is 8.98. The summed E-state index contributed by atoms with van der Waals surface area (Å²) in [5.41, 5.74) is 10.4. The molecule has 1 heterocycles. The summed E-state index contributed by atoms with van der Waals surface area (Å²) < 4.78 is 0. The van der Waals surface area contributed by atoms with Gasteiger partial charge in [-0.1, -0.05) is 35.4 Å². The Morgan fingerprint density at radius 2 is 0.875 bits per heavy atom. The molecule has 3 heteroatoms. The predicted octanol–water partition coefficient (Wildman–Crippen LogP) is 5.45. The van der Waals surface area contributed by atoms with Crippen LogP contribution < -0.4 is 9.80 Å². The van der Waals surface area contributed by atoms with Gasteiger partial charge < -0.3 is 9.80 Å². The summed E-state index contributed by atoms with van der Waals surface area (Å²) >= 11 is 0. The SMILES string of the molecule is Cc1cc(C)c(N2C=CN(c3c(C)cc(C)cc3C)[CH-]2)c(C)c1.[Pd]. The third kappa shape index (κ3) is 3.43. The van der Waals surface area contributed by atoms with Crippen LogP contribution >= 0.6 is 0 Å². The summed E-state index contributed by atoms with van der Waals surface area (Å²) in [7, 11) is 0. The number of aryl methyl sites for hydroxylation is 6. The van der Waals surface area contributed by atoms with Crippen LogP contribution in [-0.2, 0) is 20.4 Å². The number of nitrogens with zero attached hydrogens (tertiary/aromatic N) is 2. The molecule has 3 rings (SSSR count). The molecule has 0 aromatic heterocycles. The van der Waals surface area contributed by atoms with Crippen molar-refractivity contribution in [1.29, 1.82) is 0 Å². The summed E-state index contributed by atoms with van der Waals surface area (Å²) in [4.78, 5) is 4.45.